The normalized spacial score (nSPS) is 31.6. The van der Waals surface area contributed by atoms with Crippen LogP contribution in [-0.4, -0.2) is 68.3 Å². The predicted molar refractivity (Wildman–Crippen MR) is 108 cm³/mol. The second-order valence-corrected chi connectivity index (χ2v) is 9.47. The number of carbonyl (C=O) groups is 1. The Bertz CT molecular complexity index is 745. The lowest BCUT2D eigenvalue weighted by Crippen LogP contribution is -2.48. The number of hydrogen-bond acceptors (Lipinski definition) is 4. The number of nitrogens with zero attached hydrogens (tertiary/aromatic N) is 2. The van der Waals surface area contributed by atoms with Crippen LogP contribution in [-0.2, 0) is 11.2 Å². The summed E-state index contributed by atoms with van der Waals surface area (Å²) in [5.41, 5.74) is 1.98. The summed E-state index contributed by atoms with van der Waals surface area (Å²) in [6, 6.07) is 6.39. The van der Waals surface area contributed by atoms with Gasteiger partial charge in [-0.25, -0.2) is 0 Å². The van der Waals surface area contributed by atoms with Crippen LogP contribution < -0.4 is 4.74 Å². The Morgan fingerprint density at radius 3 is 2.75 bits per heavy atom. The summed E-state index contributed by atoms with van der Waals surface area (Å²) < 4.78 is 11.9. The fourth-order valence-corrected chi connectivity index (χ4v) is 5.32. The topological polar surface area (TPSA) is 42.0 Å². The SMILES string of the molecule is CN(C)[C@@H]1C[C@@H]2CN(C(=O)c3ccc4c(c3)CCO4)C[C@@H]2C[C@H]1OCC1CC1. The maximum Gasteiger partial charge on any atom is 0.253 e. The van der Waals surface area contributed by atoms with Crippen LogP contribution in [0.2, 0.25) is 0 Å². The van der Waals surface area contributed by atoms with Crippen LogP contribution in [0.15, 0.2) is 18.2 Å². The molecule has 2 aliphatic heterocycles. The number of fused-ring (bicyclic) bond motifs is 2. The van der Waals surface area contributed by atoms with Gasteiger partial charge in [-0.2, -0.15) is 0 Å². The molecule has 2 aliphatic carbocycles. The van der Waals surface area contributed by atoms with Crippen molar-refractivity contribution in [3.63, 3.8) is 0 Å². The Morgan fingerprint density at radius 2 is 2.00 bits per heavy atom. The standard InChI is InChI=1S/C23H32N2O3/c1-24(2)20-10-18-12-25(13-19(18)11-22(20)28-14-15-3-4-15)23(26)17-5-6-21-16(9-17)7-8-27-21/h5-6,9,15,18-20,22H,3-4,7-8,10-14H2,1-2H3/t18-,19+,20-,22-/m1/s1. The van der Waals surface area contributed by atoms with Crippen LogP contribution in [0, 0.1) is 17.8 Å². The monoisotopic (exact) mass is 384 g/mol. The van der Waals surface area contributed by atoms with Gasteiger partial charge in [-0.05, 0) is 81.3 Å². The van der Waals surface area contributed by atoms with Crippen LogP contribution in [0.5, 0.6) is 5.75 Å². The summed E-state index contributed by atoms with van der Waals surface area (Å²) in [5.74, 6) is 3.08. The Kier molecular flexibility index (Phi) is 4.84. The van der Waals surface area contributed by atoms with Crippen LogP contribution in [0.25, 0.3) is 0 Å². The zero-order chi connectivity index (χ0) is 19.3. The maximum atomic E-state index is 13.2. The number of benzene rings is 1. The highest BCUT2D eigenvalue weighted by atomic mass is 16.5. The van der Waals surface area contributed by atoms with Crippen molar-refractivity contribution in [3.05, 3.63) is 29.3 Å². The third kappa shape index (κ3) is 3.55. The van der Waals surface area contributed by atoms with Gasteiger partial charge in [-0.1, -0.05) is 0 Å². The van der Waals surface area contributed by atoms with Gasteiger partial charge in [0.2, 0.25) is 0 Å². The van der Waals surface area contributed by atoms with Crippen molar-refractivity contribution in [2.24, 2.45) is 17.8 Å². The van der Waals surface area contributed by atoms with E-state index in [0.717, 1.165) is 62.8 Å². The number of rotatable bonds is 5. The van der Waals surface area contributed by atoms with Gasteiger partial charge in [0.25, 0.3) is 5.91 Å². The molecule has 5 nitrogen and oxygen atoms in total. The summed E-state index contributed by atoms with van der Waals surface area (Å²) >= 11 is 0. The first kappa shape index (κ1) is 18.4. The van der Waals surface area contributed by atoms with E-state index < -0.39 is 0 Å². The Balaban J connectivity index is 1.26. The molecule has 1 saturated heterocycles. The van der Waals surface area contributed by atoms with Gasteiger partial charge in [0.1, 0.15) is 5.75 Å². The molecule has 28 heavy (non-hydrogen) atoms. The second-order valence-electron chi connectivity index (χ2n) is 9.47. The minimum absolute atomic E-state index is 0.181. The fourth-order valence-electron chi connectivity index (χ4n) is 5.32. The van der Waals surface area contributed by atoms with E-state index in [9.17, 15) is 4.79 Å². The molecule has 1 amide bonds. The van der Waals surface area contributed by atoms with Crippen LogP contribution in [0.3, 0.4) is 0 Å². The third-order valence-electron chi connectivity index (χ3n) is 7.21. The largest absolute Gasteiger partial charge is 0.493 e. The highest BCUT2D eigenvalue weighted by Crippen LogP contribution is 2.40. The van der Waals surface area contributed by atoms with E-state index in [1.807, 2.05) is 18.2 Å². The lowest BCUT2D eigenvalue weighted by Gasteiger charge is -2.41. The Labute approximate surface area is 168 Å². The van der Waals surface area contributed by atoms with Crippen molar-refractivity contribution in [3.8, 4) is 5.75 Å². The second kappa shape index (κ2) is 7.34. The minimum Gasteiger partial charge on any atom is -0.493 e. The van der Waals surface area contributed by atoms with E-state index in [0.29, 0.717) is 24.0 Å². The molecule has 2 saturated carbocycles. The Morgan fingerprint density at radius 1 is 1.21 bits per heavy atom. The molecule has 0 N–H and O–H groups in total. The summed E-state index contributed by atoms with van der Waals surface area (Å²) in [4.78, 5) is 17.6. The Hall–Kier alpha value is -1.59. The predicted octanol–water partition coefficient (Wildman–Crippen LogP) is 2.83. The molecule has 5 rings (SSSR count). The average molecular weight is 385 g/mol. The van der Waals surface area contributed by atoms with Crippen molar-refractivity contribution in [2.45, 2.75) is 44.2 Å². The molecule has 5 heteroatoms. The summed E-state index contributed by atoms with van der Waals surface area (Å²) in [7, 11) is 4.34. The number of likely N-dealkylation sites (N-methyl/N-ethyl adjacent to an activating group) is 1. The van der Waals surface area contributed by atoms with Gasteiger partial charge in [0.15, 0.2) is 0 Å². The van der Waals surface area contributed by atoms with Crippen molar-refractivity contribution in [2.75, 3.05) is 40.4 Å². The van der Waals surface area contributed by atoms with Gasteiger partial charge in [0.05, 0.1) is 12.7 Å². The van der Waals surface area contributed by atoms with Gasteiger partial charge >= 0.3 is 0 Å². The average Bonchev–Trinajstić information content (AvgIpc) is 3.24. The number of amides is 1. The van der Waals surface area contributed by atoms with E-state index in [1.54, 1.807) is 0 Å². The molecular weight excluding hydrogens is 352 g/mol. The third-order valence-corrected chi connectivity index (χ3v) is 7.21. The van der Waals surface area contributed by atoms with E-state index in [1.165, 1.54) is 18.4 Å². The van der Waals surface area contributed by atoms with Crippen LogP contribution in [0.4, 0.5) is 0 Å². The lowest BCUT2D eigenvalue weighted by atomic mass is 9.77. The van der Waals surface area contributed by atoms with Gasteiger partial charge < -0.3 is 19.3 Å². The van der Waals surface area contributed by atoms with Crippen molar-refractivity contribution < 1.29 is 14.3 Å². The molecule has 0 unspecified atom stereocenters. The zero-order valence-corrected chi connectivity index (χ0v) is 17.1. The molecule has 0 bridgehead atoms. The zero-order valence-electron chi connectivity index (χ0n) is 17.1. The summed E-state index contributed by atoms with van der Waals surface area (Å²) in [6.45, 7) is 3.42. The molecule has 3 fully saturated rings. The molecule has 0 spiro atoms. The fraction of sp³-hybridized carbons (Fsp3) is 0.696. The van der Waals surface area contributed by atoms with Crippen LogP contribution in [0.1, 0.15) is 41.6 Å². The first-order chi connectivity index (χ1) is 13.6. The van der Waals surface area contributed by atoms with Gasteiger partial charge in [-0.15, -0.1) is 0 Å². The maximum absolute atomic E-state index is 13.2. The quantitative estimate of drug-likeness (QED) is 0.783. The van der Waals surface area contributed by atoms with Crippen molar-refractivity contribution in [1.82, 2.24) is 9.80 Å². The van der Waals surface area contributed by atoms with Crippen molar-refractivity contribution in [1.29, 1.82) is 0 Å². The lowest BCUT2D eigenvalue weighted by molar-refractivity contribution is -0.0493. The number of carbonyl (C=O) groups excluding carboxylic acids is 1. The van der Waals surface area contributed by atoms with Crippen LogP contribution >= 0.6 is 0 Å². The molecule has 2 heterocycles. The molecule has 0 radical (unpaired) electrons. The highest BCUT2D eigenvalue weighted by molar-refractivity contribution is 5.95. The molecule has 4 atom stereocenters. The number of hydrogen-bond donors (Lipinski definition) is 0. The summed E-state index contributed by atoms with van der Waals surface area (Å²) in [5, 5.41) is 0. The molecule has 0 aromatic heterocycles. The van der Waals surface area contributed by atoms with Crippen molar-refractivity contribution >= 4 is 5.91 Å². The number of likely N-dealkylation sites (tertiary alicyclic amines) is 1. The minimum atomic E-state index is 0.181. The summed E-state index contributed by atoms with van der Waals surface area (Å²) in [6.07, 6.45) is 6.10. The van der Waals surface area contributed by atoms with E-state index >= 15 is 0 Å². The highest BCUT2D eigenvalue weighted by Gasteiger charge is 2.45. The van der Waals surface area contributed by atoms with Gasteiger partial charge in [0, 0.05) is 37.7 Å². The van der Waals surface area contributed by atoms with E-state index in [-0.39, 0.29) is 5.91 Å². The van der Waals surface area contributed by atoms with E-state index in [4.69, 9.17) is 9.47 Å². The molecule has 1 aromatic carbocycles. The molecule has 4 aliphatic rings. The van der Waals surface area contributed by atoms with Gasteiger partial charge in [-0.3, -0.25) is 4.79 Å². The molecule has 152 valence electrons. The first-order valence-electron chi connectivity index (χ1n) is 10.9. The molecular formula is C23H32N2O3. The first-order valence-corrected chi connectivity index (χ1v) is 10.9. The smallest absolute Gasteiger partial charge is 0.253 e. The molecule has 1 aromatic rings. The van der Waals surface area contributed by atoms with E-state index in [2.05, 4.69) is 23.9 Å². The number of ether oxygens (including phenoxy) is 2.